The molecule has 2 rings (SSSR count). The molecular weight excluding hydrogens is 252 g/mol. The van der Waals surface area contributed by atoms with Crippen LogP contribution in [0.5, 0.6) is 0 Å². The molecule has 2 heterocycles. The molecule has 1 atom stereocenters. The van der Waals surface area contributed by atoms with Crippen LogP contribution >= 0.6 is 11.3 Å². The van der Waals surface area contributed by atoms with Gasteiger partial charge < -0.3 is 15.4 Å². The fourth-order valence-electron chi connectivity index (χ4n) is 1.92. The number of H-pyrrole nitrogens is 1. The van der Waals surface area contributed by atoms with Crippen molar-refractivity contribution in [3.63, 3.8) is 0 Å². The van der Waals surface area contributed by atoms with E-state index in [-0.39, 0.29) is 11.9 Å². The Morgan fingerprint density at radius 1 is 1.56 bits per heavy atom. The van der Waals surface area contributed by atoms with Crippen LogP contribution in [0.4, 0.5) is 11.5 Å². The summed E-state index contributed by atoms with van der Waals surface area (Å²) in [6, 6.07) is 2.11. The molecule has 0 saturated carbocycles. The van der Waals surface area contributed by atoms with Gasteiger partial charge in [-0.3, -0.25) is 0 Å². The highest BCUT2D eigenvalue weighted by Crippen LogP contribution is 2.30. The molecule has 1 unspecified atom stereocenters. The molecule has 2 N–H and O–H groups in total. The standard InChI is InChI=1S/C11H14N4O2S/c1-6-4-9(8(3)18-6)7(2)13-10-5-12-14-11(10)15(16)17/h4-5,7,13H,1-3H3,(H,12,14). The molecule has 96 valence electrons. The number of nitro groups is 1. The molecule has 7 heteroatoms. The molecule has 0 fully saturated rings. The van der Waals surface area contributed by atoms with Gasteiger partial charge in [-0.2, -0.15) is 0 Å². The Bertz CT molecular complexity index is 575. The third kappa shape index (κ3) is 2.35. The van der Waals surface area contributed by atoms with E-state index < -0.39 is 4.92 Å². The van der Waals surface area contributed by atoms with E-state index in [0.29, 0.717) is 5.69 Å². The van der Waals surface area contributed by atoms with Crippen LogP contribution < -0.4 is 5.32 Å². The summed E-state index contributed by atoms with van der Waals surface area (Å²) in [5.41, 5.74) is 1.57. The Labute approximate surface area is 108 Å². The molecule has 2 aromatic rings. The largest absolute Gasteiger partial charge is 0.370 e. The lowest BCUT2D eigenvalue weighted by atomic mass is 10.1. The minimum atomic E-state index is -0.478. The van der Waals surface area contributed by atoms with Gasteiger partial charge in [-0.15, -0.1) is 16.4 Å². The predicted octanol–water partition coefficient (Wildman–Crippen LogP) is 3.17. The van der Waals surface area contributed by atoms with Crippen molar-refractivity contribution in [3.8, 4) is 0 Å². The lowest BCUT2D eigenvalue weighted by Crippen LogP contribution is -2.07. The monoisotopic (exact) mass is 266 g/mol. The lowest BCUT2D eigenvalue weighted by molar-refractivity contribution is -0.388. The van der Waals surface area contributed by atoms with Crippen LogP contribution in [0, 0.1) is 24.0 Å². The maximum atomic E-state index is 10.8. The van der Waals surface area contributed by atoms with Crippen molar-refractivity contribution in [2.24, 2.45) is 0 Å². The molecule has 0 saturated heterocycles. The zero-order chi connectivity index (χ0) is 13.3. The molecule has 0 amide bonds. The van der Waals surface area contributed by atoms with E-state index >= 15 is 0 Å². The van der Waals surface area contributed by atoms with Crippen LogP contribution in [0.2, 0.25) is 0 Å². The van der Waals surface area contributed by atoms with Gasteiger partial charge in [0.2, 0.25) is 0 Å². The van der Waals surface area contributed by atoms with E-state index in [1.807, 2.05) is 13.8 Å². The number of anilines is 1. The van der Waals surface area contributed by atoms with Gasteiger partial charge in [0.05, 0.1) is 0 Å². The summed E-state index contributed by atoms with van der Waals surface area (Å²) in [6.07, 6.45) is 1.43. The van der Waals surface area contributed by atoms with Gasteiger partial charge in [-0.25, -0.2) is 0 Å². The van der Waals surface area contributed by atoms with Crippen molar-refractivity contribution >= 4 is 22.8 Å². The first-order valence-corrected chi connectivity index (χ1v) is 6.32. The summed E-state index contributed by atoms with van der Waals surface area (Å²) in [5.74, 6) is -0.105. The van der Waals surface area contributed by atoms with Crippen LogP contribution in [0.1, 0.15) is 28.3 Å². The highest BCUT2D eigenvalue weighted by Gasteiger charge is 2.18. The fraction of sp³-hybridized carbons (Fsp3) is 0.364. The highest BCUT2D eigenvalue weighted by atomic mass is 32.1. The Balaban J connectivity index is 2.21. The Morgan fingerprint density at radius 2 is 2.28 bits per heavy atom. The molecule has 2 aromatic heterocycles. The van der Waals surface area contributed by atoms with E-state index in [1.54, 1.807) is 11.3 Å². The fourth-order valence-corrected chi connectivity index (χ4v) is 2.94. The number of thiophene rings is 1. The van der Waals surface area contributed by atoms with Crippen LogP contribution in [-0.2, 0) is 0 Å². The minimum absolute atomic E-state index is 0.00579. The molecule has 6 nitrogen and oxygen atoms in total. The molecule has 0 radical (unpaired) electrons. The SMILES string of the molecule is Cc1cc(C(C)Nc2cn[nH]c2[N+](=O)[O-])c(C)s1. The number of aromatic nitrogens is 2. The van der Waals surface area contributed by atoms with Crippen molar-refractivity contribution in [1.29, 1.82) is 0 Å². The molecule has 0 aromatic carbocycles. The third-order valence-corrected chi connectivity index (χ3v) is 3.70. The Morgan fingerprint density at radius 3 is 2.83 bits per heavy atom. The number of hydrogen-bond acceptors (Lipinski definition) is 5. The molecule has 18 heavy (non-hydrogen) atoms. The number of nitrogens with one attached hydrogen (secondary N) is 2. The summed E-state index contributed by atoms with van der Waals surface area (Å²) in [7, 11) is 0. The van der Waals surface area contributed by atoms with E-state index in [4.69, 9.17) is 0 Å². The Kier molecular flexibility index (Phi) is 3.33. The van der Waals surface area contributed by atoms with Gasteiger partial charge in [0.25, 0.3) is 0 Å². The number of rotatable bonds is 4. The number of aromatic amines is 1. The van der Waals surface area contributed by atoms with Gasteiger partial charge in [0.15, 0.2) is 5.69 Å². The summed E-state index contributed by atoms with van der Waals surface area (Å²) in [6.45, 7) is 6.08. The maximum absolute atomic E-state index is 10.8. The van der Waals surface area contributed by atoms with Gasteiger partial charge in [-0.1, -0.05) is 5.10 Å². The van der Waals surface area contributed by atoms with E-state index in [0.717, 1.165) is 5.56 Å². The first-order chi connectivity index (χ1) is 8.49. The van der Waals surface area contributed by atoms with E-state index in [2.05, 4.69) is 28.5 Å². The summed E-state index contributed by atoms with van der Waals surface area (Å²) < 4.78 is 0. The molecule has 0 bridgehead atoms. The number of nitrogens with zero attached hydrogens (tertiary/aromatic N) is 2. The van der Waals surface area contributed by atoms with E-state index in [9.17, 15) is 10.1 Å². The van der Waals surface area contributed by atoms with Crippen LogP contribution in [-0.4, -0.2) is 15.1 Å². The first-order valence-electron chi connectivity index (χ1n) is 5.50. The van der Waals surface area contributed by atoms with Gasteiger partial charge >= 0.3 is 5.82 Å². The topological polar surface area (TPSA) is 83.8 Å². The summed E-state index contributed by atoms with van der Waals surface area (Å²) in [4.78, 5) is 12.7. The number of aryl methyl sites for hydroxylation is 2. The smallest absolute Gasteiger partial charge is 0.366 e. The van der Waals surface area contributed by atoms with Crippen molar-refractivity contribution in [2.45, 2.75) is 26.8 Å². The lowest BCUT2D eigenvalue weighted by Gasteiger charge is -2.13. The quantitative estimate of drug-likeness (QED) is 0.657. The van der Waals surface area contributed by atoms with Gasteiger partial charge in [0, 0.05) is 15.8 Å². The maximum Gasteiger partial charge on any atom is 0.366 e. The zero-order valence-electron chi connectivity index (χ0n) is 10.4. The summed E-state index contributed by atoms with van der Waals surface area (Å²) >= 11 is 1.72. The van der Waals surface area contributed by atoms with Gasteiger partial charge in [-0.05, 0) is 37.3 Å². The van der Waals surface area contributed by atoms with Crippen LogP contribution in [0.25, 0.3) is 0 Å². The molecule has 0 spiro atoms. The van der Waals surface area contributed by atoms with Gasteiger partial charge in [0.1, 0.15) is 6.20 Å². The van der Waals surface area contributed by atoms with Crippen molar-refractivity contribution in [3.05, 3.63) is 37.7 Å². The average molecular weight is 266 g/mol. The predicted molar refractivity (Wildman–Crippen MR) is 71.1 cm³/mol. The van der Waals surface area contributed by atoms with Crippen molar-refractivity contribution < 1.29 is 4.92 Å². The second kappa shape index (κ2) is 4.77. The highest BCUT2D eigenvalue weighted by molar-refractivity contribution is 7.12. The number of hydrogen-bond donors (Lipinski definition) is 2. The van der Waals surface area contributed by atoms with Crippen molar-refractivity contribution in [1.82, 2.24) is 10.2 Å². The normalized spacial score (nSPS) is 12.4. The summed E-state index contributed by atoms with van der Waals surface area (Å²) in [5, 5.41) is 19.9. The Hall–Kier alpha value is -1.89. The second-order valence-electron chi connectivity index (χ2n) is 4.12. The third-order valence-electron chi connectivity index (χ3n) is 2.72. The van der Waals surface area contributed by atoms with Crippen molar-refractivity contribution in [2.75, 3.05) is 5.32 Å². The van der Waals surface area contributed by atoms with E-state index in [1.165, 1.54) is 16.0 Å². The zero-order valence-corrected chi connectivity index (χ0v) is 11.2. The minimum Gasteiger partial charge on any atom is -0.370 e. The molecular formula is C11H14N4O2S. The molecule has 0 aliphatic carbocycles. The average Bonchev–Trinajstić information content (AvgIpc) is 2.85. The molecule has 0 aliphatic heterocycles. The first kappa shape index (κ1) is 12.6. The van der Waals surface area contributed by atoms with Crippen LogP contribution in [0.3, 0.4) is 0 Å². The van der Waals surface area contributed by atoms with Crippen LogP contribution in [0.15, 0.2) is 12.3 Å². The second-order valence-corrected chi connectivity index (χ2v) is 5.58. The molecule has 0 aliphatic rings.